The molecule has 21 heavy (non-hydrogen) atoms. The molecule has 0 aliphatic carbocycles. The van der Waals surface area contributed by atoms with Crippen molar-refractivity contribution in [3.8, 4) is 5.75 Å². The SMILES string of the molecule is O=C(O)CCCCCNCCCOc1ccc(F)cc1F. The van der Waals surface area contributed by atoms with Crippen molar-refractivity contribution in [2.24, 2.45) is 0 Å². The summed E-state index contributed by atoms with van der Waals surface area (Å²) in [5.74, 6) is -2.01. The Balaban J connectivity index is 1.96. The summed E-state index contributed by atoms with van der Waals surface area (Å²) in [6.07, 6.45) is 3.45. The number of unbranched alkanes of at least 4 members (excludes halogenated alkanes) is 2. The summed E-state index contributed by atoms with van der Waals surface area (Å²) in [5.41, 5.74) is 0. The number of halogens is 2. The topological polar surface area (TPSA) is 58.6 Å². The van der Waals surface area contributed by atoms with Gasteiger partial charge >= 0.3 is 5.97 Å². The molecular weight excluding hydrogens is 280 g/mol. The molecule has 1 aromatic carbocycles. The van der Waals surface area contributed by atoms with E-state index in [0.717, 1.165) is 38.1 Å². The van der Waals surface area contributed by atoms with Crippen molar-refractivity contribution in [3.63, 3.8) is 0 Å². The van der Waals surface area contributed by atoms with Crippen LogP contribution in [0.4, 0.5) is 8.78 Å². The minimum Gasteiger partial charge on any atom is -0.490 e. The van der Waals surface area contributed by atoms with Gasteiger partial charge in [-0.1, -0.05) is 6.42 Å². The van der Waals surface area contributed by atoms with E-state index < -0.39 is 17.6 Å². The van der Waals surface area contributed by atoms with E-state index in [1.165, 1.54) is 6.07 Å². The molecule has 0 atom stereocenters. The maximum absolute atomic E-state index is 13.2. The van der Waals surface area contributed by atoms with Gasteiger partial charge in [0.25, 0.3) is 0 Å². The third-order valence-corrected chi connectivity index (χ3v) is 2.89. The molecule has 0 fully saturated rings. The van der Waals surface area contributed by atoms with E-state index in [1.807, 2.05) is 0 Å². The fourth-order valence-electron chi connectivity index (χ4n) is 1.80. The Morgan fingerprint density at radius 2 is 1.90 bits per heavy atom. The number of hydrogen-bond donors (Lipinski definition) is 2. The van der Waals surface area contributed by atoms with E-state index in [9.17, 15) is 13.6 Å². The summed E-state index contributed by atoms with van der Waals surface area (Å²) in [4.78, 5) is 10.3. The number of hydrogen-bond acceptors (Lipinski definition) is 3. The molecule has 0 saturated heterocycles. The maximum atomic E-state index is 13.2. The van der Waals surface area contributed by atoms with Gasteiger partial charge in [0.1, 0.15) is 5.82 Å². The van der Waals surface area contributed by atoms with Crippen LogP contribution < -0.4 is 10.1 Å². The second-order valence-corrected chi connectivity index (χ2v) is 4.73. The molecule has 6 heteroatoms. The number of ether oxygens (including phenoxy) is 1. The first-order valence-corrected chi connectivity index (χ1v) is 7.10. The Morgan fingerprint density at radius 1 is 1.14 bits per heavy atom. The monoisotopic (exact) mass is 301 g/mol. The van der Waals surface area contributed by atoms with Crippen LogP contribution in [0.15, 0.2) is 18.2 Å². The van der Waals surface area contributed by atoms with Crippen LogP contribution in [0, 0.1) is 11.6 Å². The first-order chi connectivity index (χ1) is 10.1. The van der Waals surface area contributed by atoms with Gasteiger partial charge in [0.15, 0.2) is 11.6 Å². The Bertz CT molecular complexity index is 441. The van der Waals surface area contributed by atoms with Crippen molar-refractivity contribution in [2.45, 2.75) is 32.1 Å². The number of nitrogens with one attached hydrogen (secondary N) is 1. The number of rotatable bonds is 11. The molecule has 0 spiro atoms. The molecule has 0 unspecified atom stereocenters. The van der Waals surface area contributed by atoms with Crippen LogP contribution >= 0.6 is 0 Å². The largest absolute Gasteiger partial charge is 0.490 e. The number of benzene rings is 1. The highest BCUT2D eigenvalue weighted by Gasteiger charge is 2.04. The summed E-state index contributed by atoms with van der Waals surface area (Å²) >= 11 is 0. The highest BCUT2D eigenvalue weighted by Crippen LogP contribution is 2.17. The van der Waals surface area contributed by atoms with Gasteiger partial charge in [-0.25, -0.2) is 8.78 Å². The van der Waals surface area contributed by atoms with Crippen LogP contribution in [0.2, 0.25) is 0 Å². The maximum Gasteiger partial charge on any atom is 0.303 e. The zero-order valence-corrected chi connectivity index (χ0v) is 11.9. The van der Waals surface area contributed by atoms with Crippen molar-refractivity contribution in [3.05, 3.63) is 29.8 Å². The van der Waals surface area contributed by atoms with E-state index in [4.69, 9.17) is 9.84 Å². The predicted octanol–water partition coefficient (Wildman–Crippen LogP) is 2.97. The van der Waals surface area contributed by atoms with E-state index in [0.29, 0.717) is 19.4 Å². The smallest absolute Gasteiger partial charge is 0.303 e. The number of aliphatic carboxylic acids is 1. The molecule has 0 saturated carbocycles. The molecule has 0 amide bonds. The summed E-state index contributed by atoms with van der Waals surface area (Å²) in [6, 6.07) is 3.24. The van der Waals surface area contributed by atoms with Gasteiger partial charge in [0, 0.05) is 12.5 Å². The first-order valence-electron chi connectivity index (χ1n) is 7.10. The quantitative estimate of drug-likeness (QED) is 0.617. The molecule has 0 bridgehead atoms. The Hall–Kier alpha value is -1.69. The summed E-state index contributed by atoms with van der Waals surface area (Å²) in [5, 5.41) is 11.7. The lowest BCUT2D eigenvalue weighted by Gasteiger charge is -2.08. The average molecular weight is 301 g/mol. The van der Waals surface area contributed by atoms with Gasteiger partial charge in [-0.05, 0) is 44.5 Å². The summed E-state index contributed by atoms with van der Waals surface area (Å²) < 4.78 is 31.1. The van der Waals surface area contributed by atoms with E-state index in [-0.39, 0.29) is 12.2 Å². The third-order valence-electron chi connectivity index (χ3n) is 2.89. The molecule has 2 N–H and O–H groups in total. The fraction of sp³-hybridized carbons (Fsp3) is 0.533. The van der Waals surface area contributed by atoms with Crippen LogP contribution in [-0.2, 0) is 4.79 Å². The number of carbonyl (C=O) groups is 1. The molecule has 0 aromatic heterocycles. The van der Waals surface area contributed by atoms with Crippen molar-refractivity contribution < 1.29 is 23.4 Å². The summed E-state index contributed by atoms with van der Waals surface area (Å²) in [7, 11) is 0. The van der Waals surface area contributed by atoms with Crippen LogP contribution in [0.3, 0.4) is 0 Å². The average Bonchev–Trinajstić information content (AvgIpc) is 2.42. The molecule has 4 nitrogen and oxygen atoms in total. The zero-order valence-electron chi connectivity index (χ0n) is 11.9. The van der Waals surface area contributed by atoms with Crippen LogP contribution in [0.1, 0.15) is 32.1 Å². The Morgan fingerprint density at radius 3 is 2.62 bits per heavy atom. The van der Waals surface area contributed by atoms with Crippen LogP contribution in [0.25, 0.3) is 0 Å². The van der Waals surface area contributed by atoms with E-state index in [2.05, 4.69) is 5.32 Å². The number of carboxylic acid groups (broad SMARTS) is 1. The standard InChI is InChI=1S/C15H21F2NO3/c16-12-6-7-14(13(17)11-12)21-10-4-9-18-8-3-1-2-5-15(19)20/h6-7,11,18H,1-5,8-10H2,(H,19,20). The molecule has 0 aliphatic heterocycles. The molecule has 0 heterocycles. The van der Waals surface area contributed by atoms with Crippen LogP contribution in [-0.4, -0.2) is 30.8 Å². The predicted molar refractivity (Wildman–Crippen MR) is 75.4 cm³/mol. The normalized spacial score (nSPS) is 10.6. The zero-order chi connectivity index (χ0) is 15.5. The van der Waals surface area contributed by atoms with Gasteiger partial charge < -0.3 is 15.2 Å². The van der Waals surface area contributed by atoms with Crippen molar-refractivity contribution in [1.82, 2.24) is 5.32 Å². The molecule has 0 radical (unpaired) electrons. The molecule has 1 aromatic rings. The van der Waals surface area contributed by atoms with E-state index in [1.54, 1.807) is 0 Å². The van der Waals surface area contributed by atoms with E-state index >= 15 is 0 Å². The second kappa shape index (κ2) is 10.1. The van der Waals surface area contributed by atoms with Gasteiger partial charge in [-0.15, -0.1) is 0 Å². The molecule has 118 valence electrons. The number of carboxylic acids is 1. The van der Waals surface area contributed by atoms with Gasteiger partial charge in [0.05, 0.1) is 6.61 Å². The Labute approximate surface area is 123 Å². The fourth-order valence-corrected chi connectivity index (χ4v) is 1.80. The minimum atomic E-state index is -0.756. The van der Waals surface area contributed by atoms with Crippen molar-refractivity contribution in [1.29, 1.82) is 0 Å². The highest BCUT2D eigenvalue weighted by molar-refractivity contribution is 5.66. The second-order valence-electron chi connectivity index (χ2n) is 4.73. The lowest BCUT2D eigenvalue weighted by molar-refractivity contribution is -0.137. The molecular formula is C15H21F2NO3. The molecule has 0 aliphatic rings. The van der Waals surface area contributed by atoms with Gasteiger partial charge in [-0.2, -0.15) is 0 Å². The summed E-state index contributed by atoms with van der Waals surface area (Å²) in [6.45, 7) is 1.92. The van der Waals surface area contributed by atoms with Crippen molar-refractivity contribution >= 4 is 5.97 Å². The van der Waals surface area contributed by atoms with Crippen molar-refractivity contribution in [2.75, 3.05) is 19.7 Å². The third kappa shape index (κ3) is 8.24. The van der Waals surface area contributed by atoms with Gasteiger partial charge in [-0.3, -0.25) is 4.79 Å². The highest BCUT2D eigenvalue weighted by atomic mass is 19.1. The first kappa shape index (κ1) is 17.4. The minimum absolute atomic E-state index is 0.0603. The Kier molecular flexibility index (Phi) is 8.35. The lowest BCUT2D eigenvalue weighted by Crippen LogP contribution is -2.18. The molecule has 1 rings (SSSR count). The van der Waals surface area contributed by atoms with Crippen LogP contribution in [0.5, 0.6) is 5.75 Å². The van der Waals surface area contributed by atoms with Gasteiger partial charge in [0.2, 0.25) is 0 Å². The lowest BCUT2D eigenvalue weighted by atomic mass is 10.2.